The van der Waals surface area contributed by atoms with Gasteiger partial charge in [-0.1, -0.05) is 29.9 Å². The monoisotopic (exact) mass is 691 g/mol. The molecule has 17 heteroatoms. The van der Waals surface area contributed by atoms with Crippen LogP contribution in [0.3, 0.4) is 0 Å². The van der Waals surface area contributed by atoms with E-state index < -0.39 is 61.1 Å². The number of ketones is 1. The Morgan fingerprint density at radius 2 is 1.65 bits per heavy atom. The molecule has 2 heterocycles. The number of imide groups is 2. The van der Waals surface area contributed by atoms with E-state index >= 15 is 0 Å². The van der Waals surface area contributed by atoms with Gasteiger partial charge in [-0.05, 0) is 68.8 Å². The van der Waals surface area contributed by atoms with E-state index in [2.05, 4.69) is 15.6 Å². The lowest BCUT2D eigenvalue weighted by atomic mass is 10.1. The highest BCUT2D eigenvalue weighted by Crippen LogP contribution is 2.24. The van der Waals surface area contributed by atoms with Gasteiger partial charge < -0.3 is 15.2 Å². The van der Waals surface area contributed by atoms with Crippen molar-refractivity contribution in [3.8, 4) is 11.6 Å². The highest BCUT2D eigenvalue weighted by atomic mass is 32.2. The Morgan fingerprint density at radius 1 is 0.959 bits per heavy atom. The molecule has 0 saturated carbocycles. The van der Waals surface area contributed by atoms with Crippen LogP contribution in [0, 0.1) is 0 Å². The predicted octanol–water partition coefficient (Wildman–Crippen LogP) is 2.34. The van der Waals surface area contributed by atoms with Gasteiger partial charge in [0.25, 0.3) is 27.5 Å². The Bertz CT molecular complexity index is 2210. The summed E-state index contributed by atoms with van der Waals surface area (Å²) in [7, 11) is -4.66. The molecule has 0 aliphatic carbocycles. The van der Waals surface area contributed by atoms with Gasteiger partial charge in [-0.2, -0.15) is 8.42 Å². The second-order valence-electron chi connectivity index (χ2n) is 10.7. The second kappa shape index (κ2) is 14.7. The summed E-state index contributed by atoms with van der Waals surface area (Å²) in [5.41, 5.74) is -2.54. The molecule has 1 aliphatic heterocycles. The molecule has 16 nitrogen and oxygen atoms in total. The molecule has 1 saturated heterocycles. The van der Waals surface area contributed by atoms with Crippen molar-refractivity contribution in [3.05, 3.63) is 104 Å². The zero-order valence-electron chi connectivity index (χ0n) is 25.9. The Labute approximate surface area is 277 Å². The van der Waals surface area contributed by atoms with Crippen LogP contribution < -0.4 is 26.8 Å². The number of benzene rings is 2. The quantitative estimate of drug-likeness (QED) is 0.0846. The van der Waals surface area contributed by atoms with Crippen LogP contribution >= 0.6 is 0 Å². The van der Waals surface area contributed by atoms with Crippen molar-refractivity contribution in [2.45, 2.75) is 38.0 Å². The summed E-state index contributed by atoms with van der Waals surface area (Å²) < 4.78 is 32.9. The maximum Gasteiger partial charge on any atom is 0.335 e. The number of barbiturate groups is 1. The van der Waals surface area contributed by atoms with Crippen molar-refractivity contribution in [1.29, 1.82) is 0 Å². The molecule has 0 bridgehead atoms. The zero-order chi connectivity index (χ0) is 36.0. The molecule has 4 rings (SSSR count). The van der Waals surface area contributed by atoms with Crippen molar-refractivity contribution < 1.29 is 42.0 Å². The van der Waals surface area contributed by atoms with Gasteiger partial charge in [0.2, 0.25) is 11.8 Å². The van der Waals surface area contributed by atoms with Gasteiger partial charge in [0.1, 0.15) is 16.9 Å². The van der Waals surface area contributed by atoms with Crippen molar-refractivity contribution in [2.75, 3.05) is 10.2 Å². The number of carbonyl (C=O) groups excluding carboxylic acids is 5. The lowest BCUT2D eigenvalue weighted by Crippen LogP contribution is -2.54. The SMILES string of the molecule is CC(=O)CCCC(=O)Nc1cccc(N2C(=O)NC(=O)C(=CC=C(C)C=Cc3c(O)[nH]c(=O)n(-c4cccc(S(=O)(=O)O)c4)c3=O)C2=O)c1. The number of aromatic hydroxyl groups is 1. The Hall–Kier alpha value is -6.20. The molecular formula is C32H29N5O11S. The third-order valence-corrected chi connectivity index (χ3v) is 7.79. The highest BCUT2D eigenvalue weighted by Gasteiger charge is 2.36. The van der Waals surface area contributed by atoms with Crippen molar-refractivity contribution in [3.63, 3.8) is 0 Å². The van der Waals surface area contributed by atoms with Crippen LogP contribution in [-0.4, -0.2) is 57.2 Å². The van der Waals surface area contributed by atoms with Gasteiger partial charge in [0.15, 0.2) is 0 Å². The molecular weight excluding hydrogens is 662 g/mol. The number of nitrogens with zero attached hydrogens (tertiary/aromatic N) is 2. The van der Waals surface area contributed by atoms with E-state index in [1.165, 1.54) is 62.4 Å². The van der Waals surface area contributed by atoms with E-state index in [-0.39, 0.29) is 41.6 Å². The zero-order valence-corrected chi connectivity index (χ0v) is 26.7. The van der Waals surface area contributed by atoms with E-state index in [1.54, 1.807) is 0 Å². The number of H-pyrrole nitrogens is 1. The lowest BCUT2D eigenvalue weighted by Gasteiger charge is -2.26. The first-order valence-corrected chi connectivity index (χ1v) is 15.8. The normalized spacial score (nSPS) is 14.8. The van der Waals surface area contributed by atoms with Gasteiger partial charge in [0.05, 0.1) is 16.3 Å². The van der Waals surface area contributed by atoms with Gasteiger partial charge in [-0.3, -0.25) is 34.0 Å². The van der Waals surface area contributed by atoms with Gasteiger partial charge >= 0.3 is 11.7 Å². The minimum atomic E-state index is -4.66. The highest BCUT2D eigenvalue weighted by molar-refractivity contribution is 7.85. The molecule has 0 unspecified atom stereocenters. The number of rotatable bonds is 11. The van der Waals surface area contributed by atoms with Gasteiger partial charge in [-0.15, -0.1) is 0 Å². The summed E-state index contributed by atoms with van der Waals surface area (Å²) in [5.74, 6) is -3.18. The molecule has 3 aromatic rings. The third kappa shape index (κ3) is 8.59. The van der Waals surface area contributed by atoms with Crippen LogP contribution in [0.25, 0.3) is 11.8 Å². The number of urea groups is 1. The maximum atomic E-state index is 13.3. The van der Waals surface area contributed by atoms with Gasteiger partial charge in [0, 0.05) is 18.5 Å². The van der Waals surface area contributed by atoms with Crippen LogP contribution in [-0.2, 0) is 29.3 Å². The number of carbonyl (C=O) groups is 5. The fourth-order valence-electron chi connectivity index (χ4n) is 4.55. The maximum absolute atomic E-state index is 13.3. The van der Waals surface area contributed by atoms with E-state index in [0.29, 0.717) is 21.5 Å². The number of aromatic amines is 1. The standard InChI is InChI=1S/C32H29N5O11S/c1-18(13-15-25-28(41)35-32(45)37(30(25)43)22-9-5-10-23(17-22)49(46,47)48)12-14-24-27(40)34-31(44)36(29(24)42)21-8-4-7-20(16-21)33-26(39)11-3-6-19(2)38/h4-5,7-10,12-17,41H,3,6,11H2,1-2H3,(H,33,39)(H,35,45)(H,34,40,44)(H,46,47,48). The summed E-state index contributed by atoms with van der Waals surface area (Å²) in [6.45, 7) is 2.93. The Morgan fingerprint density at radius 3 is 2.35 bits per heavy atom. The molecule has 5 N–H and O–H groups in total. The molecule has 254 valence electrons. The fraction of sp³-hybridized carbons (Fsp3) is 0.156. The van der Waals surface area contributed by atoms with E-state index in [9.17, 15) is 51.6 Å². The Kier molecular flexibility index (Phi) is 10.7. The first-order chi connectivity index (χ1) is 23.1. The summed E-state index contributed by atoms with van der Waals surface area (Å²) in [5, 5.41) is 15.0. The summed E-state index contributed by atoms with van der Waals surface area (Å²) in [6, 6.07) is 9.14. The lowest BCUT2D eigenvalue weighted by molar-refractivity contribution is -0.123. The minimum absolute atomic E-state index is 0.0498. The molecule has 2 aromatic carbocycles. The summed E-state index contributed by atoms with van der Waals surface area (Å²) in [6.07, 6.45) is 5.55. The van der Waals surface area contributed by atoms with Crippen molar-refractivity contribution in [1.82, 2.24) is 14.9 Å². The summed E-state index contributed by atoms with van der Waals surface area (Å²) in [4.78, 5) is 89.8. The van der Waals surface area contributed by atoms with Crippen LogP contribution in [0.2, 0.25) is 0 Å². The van der Waals surface area contributed by atoms with Crippen LogP contribution in [0.15, 0.2) is 92.4 Å². The smallest absolute Gasteiger partial charge is 0.335 e. The van der Waals surface area contributed by atoms with Crippen LogP contribution in [0.1, 0.15) is 38.7 Å². The van der Waals surface area contributed by atoms with Crippen molar-refractivity contribution in [2.24, 2.45) is 0 Å². The average Bonchev–Trinajstić information content (AvgIpc) is 3.00. The first-order valence-electron chi connectivity index (χ1n) is 14.4. The molecule has 0 radical (unpaired) electrons. The molecule has 0 atom stereocenters. The molecule has 1 aliphatic rings. The molecule has 1 aromatic heterocycles. The largest absolute Gasteiger partial charge is 0.494 e. The number of aromatic nitrogens is 2. The molecule has 1 fully saturated rings. The minimum Gasteiger partial charge on any atom is -0.494 e. The van der Waals surface area contributed by atoms with E-state index in [0.717, 1.165) is 24.3 Å². The van der Waals surface area contributed by atoms with Gasteiger partial charge in [-0.25, -0.2) is 19.1 Å². The Balaban J connectivity index is 1.58. The van der Waals surface area contributed by atoms with E-state index in [4.69, 9.17) is 0 Å². The molecule has 5 amide bonds. The third-order valence-electron chi connectivity index (χ3n) is 6.94. The number of hydrogen-bond acceptors (Lipinski definition) is 10. The fourth-order valence-corrected chi connectivity index (χ4v) is 5.07. The number of hydrogen-bond donors (Lipinski definition) is 5. The number of allylic oxidation sites excluding steroid dienone is 4. The van der Waals surface area contributed by atoms with Crippen molar-refractivity contribution >= 4 is 57.1 Å². The number of anilines is 2. The van der Waals surface area contributed by atoms with E-state index in [1.807, 2.05) is 0 Å². The van der Waals surface area contributed by atoms with Crippen LogP contribution in [0.5, 0.6) is 5.88 Å². The van der Waals surface area contributed by atoms with Crippen LogP contribution in [0.4, 0.5) is 16.2 Å². The molecule has 49 heavy (non-hydrogen) atoms. The topological polar surface area (TPSA) is 242 Å². The number of Topliss-reactive ketones (excluding diaryl/α,β-unsaturated/α-hetero) is 1. The average molecular weight is 692 g/mol. The first kappa shape index (κ1) is 35.7. The predicted molar refractivity (Wildman–Crippen MR) is 176 cm³/mol. The number of nitrogens with one attached hydrogen (secondary N) is 3. The summed E-state index contributed by atoms with van der Waals surface area (Å²) >= 11 is 0. The second-order valence-corrected chi connectivity index (χ2v) is 12.1. The number of amides is 5. The molecule has 0 spiro atoms.